The van der Waals surface area contributed by atoms with Crippen LogP contribution in [-0.2, 0) is 10.0 Å². The van der Waals surface area contributed by atoms with E-state index in [9.17, 15) is 13.2 Å². The highest BCUT2D eigenvalue weighted by atomic mass is 35.5. The van der Waals surface area contributed by atoms with Gasteiger partial charge in [-0.25, -0.2) is 8.42 Å². The number of amides is 1. The van der Waals surface area contributed by atoms with Crippen molar-refractivity contribution < 1.29 is 13.2 Å². The van der Waals surface area contributed by atoms with Crippen LogP contribution in [0.2, 0.25) is 5.02 Å². The summed E-state index contributed by atoms with van der Waals surface area (Å²) in [6, 6.07) is 9.59. The summed E-state index contributed by atoms with van der Waals surface area (Å²) in [5, 5.41) is 2.69. The van der Waals surface area contributed by atoms with Crippen molar-refractivity contribution in [1.29, 1.82) is 0 Å². The molecular formula is C16H17ClN2O3S. The quantitative estimate of drug-likeness (QED) is 0.887. The van der Waals surface area contributed by atoms with Crippen molar-refractivity contribution in [3.8, 4) is 0 Å². The summed E-state index contributed by atoms with van der Waals surface area (Å²) in [6.07, 6.45) is 0. The summed E-state index contributed by atoms with van der Waals surface area (Å²) in [4.78, 5) is 11.9. The lowest BCUT2D eigenvalue weighted by Crippen LogP contribution is -2.19. The maximum absolute atomic E-state index is 12.6. The number of carbonyl (C=O) groups is 1. The van der Waals surface area contributed by atoms with Crippen molar-refractivity contribution in [2.24, 2.45) is 0 Å². The number of sulfonamides is 1. The molecule has 0 aromatic heterocycles. The first-order valence-electron chi connectivity index (χ1n) is 6.86. The molecule has 7 heteroatoms. The van der Waals surface area contributed by atoms with Gasteiger partial charge in [0, 0.05) is 12.6 Å². The summed E-state index contributed by atoms with van der Waals surface area (Å²) in [5.41, 5.74) is 1.94. The number of anilines is 1. The van der Waals surface area contributed by atoms with Gasteiger partial charge in [-0.15, -0.1) is 0 Å². The summed E-state index contributed by atoms with van der Waals surface area (Å²) in [7, 11) is -2.31. The van der Waals surface area contributed by atoms with E-state index in [1.54, 1.807) is 19.1 Å². The second-order valence-electron chi connectivity index (χ2n) is 5.15. The van der Waals surface area contributed by atoms with Crippen LogP contribution < -0.4 is 10.0 Å². The van der Waals surface area contributed by atoms with Crippen molar-refractivity contribution in [3.63, 3.8) is 0 Å². The SMILES string of the molecule is CNC(=O)c1ccc(Cl)c(NS(=O)(=O)c2cc(C)ccc2C)c1. The molecule has 2 N–H and O–H groups in total. The number of carbonyl (C=O) groups excluding carboxylic acids is 1. The Morgan fingerprint density at radius 2 is 1.78 bits per heavy atom. The molecule has 0 saturated heterocycles. The molecule has 0 unspecified atom stereocenters. The van der Waals surface area contributed by atoms with Crippen LogP contribution in [0, 0.1) is 13.8 Å². The molecule has 0 heterocycles. The number of halogens is 1. The number of hydrogen-bond donors (Lipinski definition) is 2. The van der Waals surface area contributed by atoms with Gasteiger partial charge in [-0.2, -0.15) is 0 Å². The zero-order chi connectivity index (χ0) is 17.2. The number of nitrogens with one attached hydrogen (secondary N) is 2. The standard InChI is InChI=1S/C16H17ClN2O3S/c1-10-4-5-11(2)15(8-10)23(21,22)19-14-9-12(16(20)18-3)6-7-13(14)17/h4-9,19H,1-3H3,(H,18,20). The van der Waals surface area contributed by atoms with E-state index in [0.717, 1.165) is 5.56 Å². The third-order valence-electron chi connectivity index (χ3n) is 3.33. The average molecular weight is 353 g/mol. The van der Waals surface area contributed by atoms with Crippen molar-refractivity contribution in [2.45, 2.75) is 18.7 Å². The highest BCUT2D eigenvalue weighted by Crippen LogP contribution is 2.27. The van der Waals surface area contributed by atoms with E-state index < -0.39 is 10.0 Å². The summed E-state index contributed by atoms with van der Waals surface area (Å²) in [6.45, 7) is 3.54. The monoisotopic (exact) mass is 352 g/mol. The third-order valence-corrected chi connectivity index (χ3v) is 5.17. The van der Waals surface area contributed by atoms with Crippen LogP contribution in [0.25, 0.3) is 0 Å². The minimum atomic E-state index is -3.80. The van der Waals surface area contributed by atoms with Gasteiger partial charge in [0.05, 0.1) is 15.6 Å². The van der Waals surface area contributed by atoms with Crippen LogP contribution in [0.15, 0.2) is 41.3 Å². The Bertz CT molecular complexity index is 864. The topological polar surface area (TPSA) is 75.3 Å². The Kier molecular flexibility index (Phi) is 4.97. The number of rotatable bonds is 4. The minimum Gasteiger partial charge on any atom is -0.355 e. The van der Waals surface area contributed by atoms with Crippen LogP contribution in [0.3, 0.4) is 0 Å². The predicted octanol–water partition coefficient (Wildman–Crippen LogP) is 3.12. The maximum Gasteiger partial charge on any atom is 0.262 e. The Hall–Kier alpha value is -2.05. The van der Waals surface area contributed by atoms with E-state index >= 15 is 0 Å². The normalized spacial score (nSPS) is 11.1. The number of aryl methyl sites for hydroxylation is 2. The fraction of sp³-hybridized carbons (Fsp3) is 0.188. The van der Waals surface area contributed by atoms with Crippen LogP contribution >= 0.6 is 11.6 Å². The second-order valence-corrected chi connectivity index (χ2v) is 7.21. The lowest BCUT2D eigenvalue weighted by atomic mass is 10.2. The van der Waals surface area contributed by atoms with E-state index in [1.807, 2.05) is 13.0 Å². The van der Waals surface area contributed by atoms with Crippen molar-refractivity contribution in [1.82, 2.24) is 5.32 Å². The van der Waals surface area contributed by atoms with Crippen LogP contribution in [0.5, 0.6) is 0 Å². The number of benzene rings is 2. The Labute approximate surface area is 140 Å². The molecule has 0 aliphatic carbocycles. The van der Waals surface area contributed by atoms with Crippen LogP contribution in [-0.4, -0.2) is 21.4 Å². The summed E-state index contributed by atoms with van der Waals surface area (Å²) < 4.78 is 27.7. The van der Waals surface area contributed by atoms with Gasteiger partial charge in [0.25, 0.3) is 15.9 Å². The van der Waals surface area contributed by atoms with E-state index in [-0.39, 0.29) is 21.5 Å². The summed E-state index contributed by atoms with van der Waals surface area (Å²) in [5.74, 6) is -0.325. The smallest absolute Gasteiger partial charge is 0.262 e. The van der Waals surface area contributed by atoms with Gasteiger partial charge in [0.15, 0.2) is 0 Å². The number of hydrogen-bond acceptors (Lipinski definition) is 3. The van der Waals surface area contributed by atoms with Gasteiger partial charge >= 0.3 is 0 Å². The van der Waals surface area contributed by atoms with E-state index in [0.29, 0.717) is 11.1 Å². The summed E-state index contributed by atoms with van der Waals surface area (Å²) >= 11 is 6.05. The van der Waals surface area contributed by atoms with Gasteiger partial charge in [0.1, 0.15) is 0 Å². The molecule has 0 atom stereocenters. The zero-order valence-electron chi connectivity index (χ0n) is 13.0. The van der Waals surface area contributed by atoms with Crippen LogP contribution in [0.4, 0.5) is 5.69 Å². The zero-order valence-corrected chi connectivity index (χ0v) is 14.5. The van der Waals surface area contributed by atoms with Gasteiger partial charge in [-0.05, 0) is 49.2 Å². The fourth-order valence-corrected chi connectivity index (χ4v) is 3.71. The largest absolute Gasteiger partial charge is 0.355 e. The Morgan fingerprint density at radius 1 is 1.09 bits per heavy atom. The molecule has 1 amide bonds. The Morgan fingerprint density at radius 3 is 2.43 bits per heavy atom. The highest BCUT2D eigenvalue weighted by Gasteiger charge is 2.19. The Balaban J connectivity index is 2.45. The molecule has 2 rings (SSSR count). The van der Waals surface area contributed by atoms with Crippen molar-refractivity contribution in [3.05, 3.63) is 58.1 Å². The predicted molar refractivity (Wildman–Crippen MR) is 91.6 cm³/mol. The molecule has 5 nitrogen and oxygen atoms in total. The van der Waals surface area contributed by atoms with E-state index in [2.05, 4.69) is 10.0 Å². The molecule has 23 heavy (non-hydrogen) atoms. The first-order chi connectivity index (χ1) is 10.7. The molecule has 0 saturated carbocycles. The maximum atomic E-state index is 12.6. The first-order valence-corrected chi connectivity index (χ1v) is 8.72. The molecule has 122 valence electrons. The molecule has 0 aliphatic rings. The first kappa shape index (κ1) is 17.3. The molecule has 0 bridgehead atoms. The van der Waals surface area contributed by atoms with E-state index in [1.165, 1.54) is 25.2 Å². The average Bonchev–Trinajstić information content (AvgIpc) is 2.50. The molecular weight excluding hydrogens is 336 g/mol. The van der Waals surface area contributed by atoms with Gasteiger partial charge in [-0.3, -0.25) is 9.52 Å². The molecule has 0 spiro atoms. The molecule has 0 radical (unpaired) electrons. The third kappa shape index (κ3) is 3.83. The lowest BCUT2D eigenvalue weighted by Gasteiger charge is -2.13. The molecule has 0 fully saturated rings. The van der Waals surface area contributed by atoms with Crippen molar-refractivity contribution in [2.75, 3.05) is 11.8 Å². The van der Waals surface area contributed by atoms with Gasteiger partial charge in [-0.1, -0.05) is 23.7 Å². The molecule has 2 aromatic rings. The fourth-order valence-electron chi connectivity index (χ4n) is 2.09. The van der Waals surface area contributed by atoms with E-state index in [4.69, 9.17) is 11.6 Å². The highest BCUT2D eigenvalue weighted by molar-refractivity contribution is 7.92. The van der Waals surface area contributed by atoms with Gasteiger partial charge in [0.2, 0.25) is 0 Å². The molecule has 2 aromatic carbocycles. The lowest BCUT2D eigenvalue weighted by molar-refractivity contribution is 0.0963. The second kappa shape index (κ2) is 6.60. The van der Waals surface area contributed by atoms with Crippen LogP contribution in [0.1, 0.15) is 21.5 Å². The molecule has 0 aliphatic heterocycles. The minimum absolute atomic E-state index is 0.161. The van der Waals surface area contributed by atoms with Gasteiger partial charge < -0.3 is 5.32 Å². The van der Waals surface area contributed by atoms with Crippen molar-refractivity contribution >= 4 is 33.2 Å².